The summed E-state index contributed by atoms with van der Waals surface area (Å²) in [4.78, 5) is 55.4. The van der Waals surface area contributed by atoms with E-state index in [1.165, 1.54) is 31.6 Å². The maximum atomic E-state index is 12.8. The average Bonchev–Trinajstić information content (AvgIpc) is 3.23. The number of hydrogen-bond acceptors (Lipinski definition) is 12. The number of phosphoric acid groups is 1. The molecular formula is C18H21N6O10P. The third-order valence-corrected chi connectivity index (χ3v) is 5.83. The predicted octanol–water partition coefficient (Wildman–Crippen LogP) is -1.94. The van der Waals surface area contributed by atoms with Crippen LogP contribution < -0.4 is 11.3 Å². The highest BCUT2D eigenvalue weighted by Crippen LogP contribution is 2.43. The van der Waals surface area contributed by atoms with Gasteiger partial charge in [-0.15, -0.1) is 0 Å². The molecule has 1 saturated heterocycles. The second kappa shape index (κ2) is 9.43. The summed E-state index contributed by atoms with van der Waals surface area (Å²) in [5, 5.41) is 21.4. The molecular weight excluding hydrogens is 491 g/mol. The Bertz CT molecular complexity index is 1340. The lowest BCUT2D eigenvalue weighted by atomic mass is 9.98. The summed E-state index contributed by atoms with van der Waals surface area (Å²) < 4.78 is 29.1. The molecule has 1 aliphatic rings. The molecule has 0 saturated carbocycles. The van der Waals surface area contributed by atoms with Crippen LogP contribution in [0.3, 0.4) is 0 Å². The van der Waals surface area contributed by atoms with E-state index >= 15 is 0 Å². The fraction of sp³-hybridized carbons (Fsp3) is 0.389. The number of fused-ring (bicyclic) bond motifs is 1. The van der Waals surface area contributed by atoms with Gasteiger partial charge < -0.3 is 35.2 Å². The van der Waals surface area contributed by atoms with Gasteiger partial charge in [0.25, 0.3) is 5.56 Å². The number of aliphatic hydroxyl groups is 2. The quantitative estimate of drug-likeness (QED) is 0.179. The predicted molar refractivity (Wildman–Crippen MR) is 115 cm³/mol. The zero-order valence-corrected chi connectivity index (χ0v) is 18.9. The molecule has 0 aliphatic carbocycles. The first-order chi connectivity index (χ1) is 16.5. The zero-order valence-electron chi connectivity index (χ0n) is 18.0. The van der Waals surface area contributed by atoms with Gasteiger partial charge >= 0.3 is 13.8 Å². The Morgan fingerprint density at radius 3 is 2.71 bits per heavy atom. The number of hydrogen-bond donors (Lipinski definition) is 5. The Morgan fingerprint density at radius 1 is 1.31 bits per heavy atom. The molecule has 188 valence electrons. The normalized spacial score (nSPS) is 25.0. The highest BCUT2D eigenvalue weighted by molar-refractivity contribution is 7.46. The number of anilines is 1. The van der Waals surface area contributed by atoms with Gasteiger partial charge in [-0.25, -0.2) is 14.3 Å². The molecule has 4 heterocycles. The maximum absolute atomic E-state index is 12.8. The molecule has 1 aliphatic heterocycles. The first kappa shape index (κ1) is 24.9. The molecule has 4 rings (SSSR count). The molecule has 0 radical (unpaired) electrons. The van der Waals surface area contributed by atoms with Crippen molar-refractivity contribution in [1.29, 1.82) is 0 Å². The van der Waals surface area contributed by atoms with Crippen LogP contribution >= 0.6 is 7.82 Å². The molecule has 17 heteroatoms. The van der Waals surface area contributed by atoms with Crippen molar-refractivity contribution in [3.63, 3.8) is 0 Å². The van der Waals surface area contributed by atoms with E-state index in [-0.39, 0.29) is 22.7 Å². The van der Waals surface area contributed by atoms with Crippen LogP contribution in [0.5, 0.6) is 0 Å². The van der Waals surface area contributed by atoms with Gasteiger partial charge in [0.15, 0.2) is 17.4 Å². The largest absolute Gasteiger partial charge is 0.470 e. The van der Waals surface area contributed by atoms with Crippen LogP contribution in [0.15, 0.2) is 35.6 Å². The van der Waals surface area contributed by atoms with E-state index in [1.807, 2.05) is 0 Å². The van der Waals surface area contributed by atoms with Crippen molar-refractivity contribution < 1.29 is 43.4 Å². The Kier molecular flexibility index (Phi) is 6.70. The summed E-state index contributed by atoms with van der Waals surface area (Å²) in [7, 11) is -3.86. The van der Waals surface area contributed by atoms with E-state index in [2.05, 4.69) is 19.5 Å². The van der Waals surface area contributed by atoms with Crippen molar-refractivity contribution in [2.75, 3.05) is 12.3 Å². The second-order valence-electron chi connectivity index (χ2n) is 7.61. The minimum Gasteiger partial charge on any atom is -0.459 e. The van der Waals surface area contributed by atoms with E-state index in [0.717, 1.165) is 15.5 Å². The summed E-state index contributed by atoms with van der Waals surface area (Å²) in [6.45, 7) is -0.602. The topological polar surface area (TPSA) is 234 Å². The number of nitrogens with two attached hydrogens (primary N) is 1. The number of pyridine rings is 1. The van der Waals surface area contributed by atoms with Gasteiger partial charge in [0.2, 0.25) is 5.95 Å². The van der Waals surface area contributed by atoms with Gasteiger partial charge in [-0.3, -0.25) is 23.4 Å². The number of ether oxygens (including phenoxy) is 2. The summed E-state index contributed by atoms with van der Waals surface area (Å²) in [6, 6.07) is 2.94. The van der Waals surface area contributed by atoms with E-state index in [1.54, 1.807) is 0 Å². The molecule has 0 bridgehead atoms. The van der Waals surface area contributed by atoms with Gasteiger partial charge in [0, 0.05) is 19.4 Å². The monoisotopic (exact) mass is 512 g/mol. The third kappa shape index (κ3) is 4.94. The number of carbonyl (C=O) groups is 1. The number of nitrogens with zero attached hydrogens (tertiary/aromatic N) is 5. The van der Waals surface area contributed by atoms with E-state index in [0.29, 0.717) is 0 Å². The number of rotatable bonds is 6. The van der Waals surface area contributed by atoms with Crippen LogP contribution in [0, 0.1) is 0 Å². The highest BCUT2D eigenvalue weighted by atomic mass is 31.2. The van der Waals surface area contributed by atoms with Crippen molar-refractivity contribution in [3.8, 4) is 0 Å². The van der Waals surface area contributed by atoms with Gasteiger partial charge in [0.05, 0.1) is 5.56 Å². The van der Waals surface area contributed by atoms with E-state index in [9.17, 15) is 34.2 Å². The number of nitrogen functional groups attached to an aromatic ring is 1. The number of aliphatic hydroxyl groups excluding tert-OH is 2. The lowest BCUT2D eigenvalue weighted by molar-refractivity contribution is -0.246. The smallest absolute Gasteiger partial charge is 0.459 e. The van der Waals surface area contributed by atoms with Crippen LogP contribution in [0.4, 0.5) is 5.95 Å². The van der Waals surface area contributed by atoms with Crippen molar-refractivity contribution in [3.05, 3.63) is 46.8 Å². The molecule has 6 N–H and O–H groups in total. The Balaban J connectivity index is 1.68. The molecule has 5 atom stereocenters. The summed E-state index contributed by atoms with van der Waals surface area (Å²) in [6.07, 6.45) is -4.85. The zero-order chi connectivity index (χ0) is 25.5. The van der Waals surface area contributed by atoms with Crippen LogP contribution in [0.2, 0.25) is 0 Å². The minimum absolute atomic E-state index is 0.0838. The van der Waals surface area contributed by atoms with Crippen molar-refractivity contribution in [2.24, 2.45) is 7.05 Å². The standard InChI is InChI=1S/C18H21N6O10P/c1-23-15(27)10-14(22-18(23)19)21-7-24(10)16-12(26)13(34-35(29,30)31)11(25)9(33-16)6-32-17(28)8-3-2-4-20-5-8/h2-5,7,9,11-13,16,25-26H,6H2,1H3,(H2,19,22)(H2,29,30,31)/t9-,11-,12-,13+,16-/m1/s1. The van der Waals surface area contributed by atoms with Crippen LogP contribution in [-0.2, 0) is 25.6 Å². The Labute approximate surface area is 195 Å². The maximum Gasteiger partial charge on any atom is 0.470 e. The van der Waals surface area contributed by atoms with Gasteiger partial charge in [0.1, 0.15) is 37.4 Å². The molecule has 3 aromatic heterocycles. The van der Waals surface area contributed by atoms with Crippen LogP contribution in [0.1, 0.15) is 16.6 Å². The lowest BCUT2D eigenvalue weighted by Gasteiger charge is -2.42. The molecule has 1 fully saturated rings. The second-order valence-corrected chi connectivity index (χ2v) is 8.80. The van der Waals surface area contributed by atoms with Crippen LogP contribution in [0.25, 0.3) is 11.2 Å². The van der Waals surface area contributed by atoms with Crippen molar-refractivity contribution >= 4 is 30.9 Å². The van der Waals surface area contributed by atoms with E-state index < -0.39 is 56.6 Å². The minimum atomic E-state index is -5.21. The van der Waals surface area contributed by atoms with Gasteiger partial charge in [-0.1, -0.05) is 0 Å². The molecule has 0 amide bonds. The van der Waals surface area contributed by atoms with E-state index in [4.69, 9.17) is 15.2 Å². The van der Waals surface area contributed by atoms with Gasteiger partial charge in [-0.2, -0.15) is 4.98 Å². The average molecular weight is 512 g/mol. The third-order valence-electron chi connectivity index (χ3n) is 5.32. The molecule has 35 heavy (non-hydrogen) atoms. The number of esters is 1. The molecule has 0 spiro atoms. The van der Waals surface area contributed by atoms with Gasteiger partial charge in [-0.05, 0) is 12.1 Å². The first-order valence-electron chi connectivity index (χ1n) is 9.99. The fourth-order valence-corrected chi connectivity index (χ4v) is 4.14. The van der Waals surface area contributed by atoms with Crippen molar-refractivity contribution in [2.45, 2.75) is 30.6 Å². The summed E-state index contributed by atoms with van der Waals surface area (Å²) in [5.41, 5.74) is 4.89. The summed E-state index contributed by atoms with van der Waals surface area (Å²) in [5.74, 6) is -0.943. The molecule has 0 unspecified atom stereocenters. The molecule has 3 aromatic rings. The number of carbonyl (C=O) groups excluding carboxylic acids is 1. The molecule has 16 nitrogen and oxygen atoms in total. The first-order valence-corrected chi connectivity index (χ1v) is 11.5. The highest BCUT2D eigenvalue weighted by Gasteiger charge is 2.49. The number of phosphoric ester groups is 1. The Morgan fingerprint density at radius 2 is 2.06 bits per heavy atom. The number of imidazole rings is 1. The number of aromatic nitrogens is 5. The van der Waals surface area contributed by atoms with Crippen molar-refractivity contribution in [1.82, 2.24) is 24.1 Å². The van der Waals surface area contributed by atoms with Crippen LogP contribution in [-0.4, -0.2) is 81.1 Å². The summed E-state index contributed by atoms with van der Waals surface area (Å²) >= 11 is 0. The molecule has 0 aromatic carbocycles. The SMILES string of the molecule is Cn1c(N)nc2ncn([C@@H]3O[C@H](COC(=O)c4cccnc4)[C@@H](O)[C@H](OP(=O)(O)O)[C@H]3O)c2c1=O. The lowest BCUT2D eigenvalue weighted by Crippen LogP contribution is -2.57. The fourth-order valence-electron chi connectivity index (χ4n) is 3.57. The Hall–Kier alpha value is -3.24.